The predicted octanol–water partition coefficient (Wildman–Crippen LogP) is 3.65. The Kier molecular flexibility index (Phi) is 4.42. The van der Waals surface area contributed by atoms with Crippen LogP contribution >= 0.6 is 11.3 Å². The molecule has 3 N–H and O–H groups in total. The number of benzene rings is 1. The molecule has 0 radical (unpaired) electrons. The highest BCUT2D eigenvalue weighted by atomic mass is 32.1. The van der Waals surface area contributed by atoms with Crippen molar-refractivity contribution in [2.45, 2.75) is 18.6 Å². The highest BCUT2D eigenvalue weighted by Crippen LogP contribution is 2.33. The van der Waals surface area contributed by atoms with Gasteiger partial charge in [0.15, 0.2) is 0 Å². The Morgan fingerprint density at radius 2 is 2.00 bits per heavy atom. The van der Waals surface area contributed by atoms with Crippen molar-refractivity contribution in [2.24, 2.45) is 5.84 Å². The molecule has 1 aromatic heterocycles. The van der Waals surface area contributed by atoms with Crippen molar-refractivity contribution in [2.75, 3.05) is 0 Å². The van der Waals surface area contributed by atoms with Crippen LogP contribution in [0.25, 0.3) is 0 Å². The second-order valence-electron chi connectivity index (χ2n) is 4.29. The van der Waals surface area contributed by atoms with Gasteiger partial charge in [0, 0.05) is 0 Å². The van der Waals surface area contributed by atoms with Crippen molar-refractivity contribution in [3.05, 3.63) is 57.5 Å². The predicted molar refractivity (Wildman–Crippen MR) is 69.5 cm³/mol. The summed E-state index contributed by atoms with van der Waals surface area (Å²) in [6.45, 7) is 0. The van der Waals surface area contributed by atoms with Gasteiger partial charge in [-0.1, -0.05) is 6.07 Å². The number of halogens is 4. The SMILES string of the molecule is NNC(Cc1ccsc1)c1ccc(F)c(C(F)(F)F)c1. The van der Waals surface area contributed by atoms with E-state index >= 15 is 0 Å². The Hall–Kier alpha value is -1.44. The van der Waals surface area contributed by atoms with Gasteiger partial charge in [0.1, 0.15) is 5.82 Å². The first-order chi connectivity index (χ1) is 9.41. The largest absolute Gasteiger partial charge is 0.419 e. The van der Waals surface area contributed by atoms with E-state index in [0.717, 1.165) is 17.7 Å². The number of hydrogen-bond donors (Lipinski definition) is 2. The second-order valence-corrected chi connectivity index (χ2v) is 5.07. The van der Waals surface area contributed by atoms with E-state index in [0.29, 0.717) is 12.0 Å². The summed E-state index contributed by atoms with van der Waals surface area (Å²) >= 11 is 1.49. The van der Waals surface area contributed by atoms with Crippen LogP contribution in [0.1, 0.15) is 22.7 Å². The third kappa shape index (κ3) is 3.36. The maximum absolute atomic E-state index is 13.2. The second kappa shape index (κ2) is 5.90. The van der Waals surface area contributed by atoms with Crippen LogP contribution in [0.4, 0.5) is 17.6 Å². The minimum atomic E-state index is -4.72. The van der Waals surface area contributed by atoms with Gasteiger partial charge in [-0.05, 0) is 46.5 Å². The molecule has 0 aliphatic rings. The minimum Gasteiger partial charge on any atom is -0.271 e. The van der Waals surface area contributed by atoms with Crippen molar-refractivity contribution in [3.63, 3.8) is 0 Å². The molecule has 0 fully saturated rings. The molecular formula is C13H12F4N2S. The summed E-state index contributed by atoms with van der Waals surface area (Å²) in [5.41, 5.74) is 2.45. The van der Waals surface area contributed by atoms with Gasteiger partial charge in [-0.3, -0.25) is 11.3 Å². The van der Waals surface area contributed by atoms with Gasteiger partial charge in [-0.15, -0.1) is 0 Å². The molecule has 108 valence electrons. The number of hydrogen-bond acceptors (Lipinski definition) is 3. The average Bonchev–Trinajstić information content (AvgIpc) is 2.88. The molecule has 7 heteroatoms. The van der Waals surface area contributed by atoms with Crippen LogP contribution in [0.15, 0.2) is 35.0 Å². The fraction of sp³-hybridized carbons (Fsp3) is 0.231. The number of thiophene rings is 1. The van der Waals surface area contributed by atoms with Crippen LogP contribution in [-0.2, 0) is 12.6 Å². The van der Waals surface area contributed by atoms with Crippen LogP contribution in [0.5, 0.6) is 0 Å². The Morgan fingerprint density at radius 1 is 1.25 bits per heavy atom. The maximum Gasteiger partial charge on any atom is 0.419 e. The zero-order chi connectivity index (χ0) is 14.8. The molecule has 1 atom stereocenters. The monoisotopic (exact) mass is 304 g/mol. The highest BCUT2D eigenvalue weighted by Gasteiger charge is 2.34. The van der Waals surface area contributed by atoms with Crippen molar-refractivity contribution in [1.82, 2.24) is 5.43 Å². The van der Waals surface area contributed by atoms with Gasteiger partial charge in [0.2, 0.25) is 0 Å². The molecule has 2 aromatic rings. The topological polar surface area (TPSA) is 38.0 Å². The third-order valence-corrected chi connectivity index (χ3v) is 3.65. The van der Waals surface area contributed by atoms with E-state index < -0.39 is 23.6 Å². The standard InChI is InChI=1S/C13H12F4N2S/c14-11-2-1-9(6-10(11)13(15,16)17)12(19-18)5-8-3-4-20-7-8/h1-4,6-7,12,19H,5,18H2. The molecule has 0 aliphatic carbocycles. The summed E-state index contributed by atoms with van der Waals surface area (Å²) in [7, 11) is 0. The Labute approximate surface area is 117 Å². The van der Waals surface area contributed by atoms with Crippen LogP contribution in [0.3, 0.4) is 0 Å². The Balaban J connectivity index is 2.30. The molecule has 1 unspecified atom stereocenters. The first-order valence-corrected chi connectivity index (χ1v) is 6.70. The fourth-order valence-corrected chi connectivity index (χ4v) is 2.58. The number of alkyl halides is 3. The van der Waals surface area contributed by atoms with Crippen LogP contribution in [0, 0.1) is 5.82 Å². The van der Waals surface area contributed by atoms with Crippen molar-refractivity contribution < 1.29 is 17.6 Å². The Bertz CT molecular complexity index is 566. The van der Waals surface area contributed by atoms with Gasteiger partial charge < -0.3 is 0 Å². The van der Waals surface area contributed by atoms with E-state index in [1.54, 1.807) is 0 Å². The number of hydrazine groups is 1. The number of nitrogens with two attached hydrogens (primary N) is 1. The van der Waals surface area contributed by atoms with E-state index in [1.165, 1.54) is 17.4 Å². The molecule has 0 saturated carbocycles. The van der Waals surface area contributed by atoms with E-state index in [2.05, 4.69) is 5.43 Å². The van der Waals surface area contributed by atoms with Crippen molar-refractivity contribution in [1.29, 1.82) is 0 Å². The quantitative estimate of drug-likeness (QED) is 0.514. The molecule has 0 saturated heterocycles. The number of rotatable bonds is 4. The van der Waals surface area contributed by atoms with Gasteiger partial charge in [-0.2, -0.15) is 24.5 Å². The maximum atomic E-state index is 13.2. The molecule has 0 bridgehead atoms. The lowest BCUT2D eigenvalue weighted by Crippen LogP contribution is -2.29. The van der Waals surface area contributed by atoms with Crippen LogP contribution in [-0.4, -0.2) is 0 Å². The third-order valence-electron chi connectivity index (χ3n) is 2.92. The van der Waals surface area contributed by atoms with Gasteiger partial charge in [-0.25, -0.2) is 4.39 Å². The van der Waals surface area contributed by atoms with Crippen molar-refractivity contribution >= 4 is 11.3 Å². The molecular weight excluding hydrogens is 292 g/mol. The molecule has 1 heterocycles. The average molecular weight is 304 g/mol. The van der Waals surface area contributed by atoms with Crippen LogP contribution < -0.4 is 11.3 Å². The molecule has 0 aliphatic heterocycles. The minimum absolute atomic E-state index is 0.299. The lowest BCUT2D eigenvalue weighted by Gasteiger charge is -2.18. The molecule has 1 aromatic carbocycles. The van der Waals surface area contributed by atoms with E-state index in [4.69, 9.17) is 5.84 Å². The zero-order valence-corrected chi connectivity index (χ0v) is 11.1. The summed E-state index contributed by atoms with van der Waals surface area (Å²) < 4.78 is 51.3. The fourth-order valence-electron chi connectivity index (χ4n) is 1.89. The van der Waals surface area contributed by atoms with E-state index in [-0.39, 0.29) is 0 Å². The Morgan fingerprint density at radius 3 is 2.55 bits per heavy atom. The normalized spacial score (nSPS) is 13.4. The van der Waals surface area contributed by atoms with E-state index in [1.807, 2.05) is 16.8 Å². The zero-order valence-electron chi connectivity index (χ0n) is 10.2. The lowest BCUT2D eigenvalue weighted by atomic mass is 9.99. The highest BCUT2D eigenvalue weighted by molar-refractivity contribution is 7.07. The summed E-state index contributed by atoms with van der Waals surface area (Å²) in [6.07, 6.45) is -4.29. The molecule has 20 heavy (non-hydrogen) atoms. The summed E-state index contributed by atoms with van der Waals surface area (Å²) in [5, 5.41) is 3.76. The summed E-state index contributed by atoms with van der Waals surface area (Å²) in [4.78, 5) is 0. The molecule has 0 amide bonds. The lowest BCUT2D eigenvalue weighted by molar-refractivity contribution is -0.140. The smallest absolute Gasteiger partial charge is 0.271 e. The summed E-state index contributed by atoms with van der Waals surface area (Å²) in [5.74, 6) is 4.11. The van der Waals surface area contributed by atoms with Crippen LogP contribution in [0.2, 0.25) is 0 Å². The van der Waals surface area contributed by atoms with Gasteiger partial charge in [0.05, 0.1) is 11.6 Å². The first-order valence-electron chi connectivity index (χ1n) is 5.75. The summed E-state index contributed by atoms with van der Waals surface area (Å²) in [6, 6.07) is 4.28. The molecule has 2 rings (SSSR count). The van der Waals surface area contributed by atoms with Crippen molar-refractivity contribution in [3.8, 4) is 0 Å². The van der Waals surface area contributed by atoms with E-state index in [9.17, 15) is 17.6 Å². The first kappa shape index (κ1) is 15.0. The van der Waals surface area contributed by atoms with Gasteiger partial charge >= 0.3 is 6.18 Å². The molecule has 0 spiro atoms. The van der Waals surface area contributed by atoms with Gasteiger partial charge in [0.25, 0.3) is 0 Å². The molecule has 2 nitrogen and oxygen atoms in total. The number of nitrogens with one attached hydrogen (secondary N) is 1.